The van der Waals surface area contributed by atoms with Crippen molar-refractivity contribution in [3.8, 4) is 0 Å². The predicted molar refractivity (Wildman–Crippen MR) is 74.8 cm³/mol. The van der Waals surface area contributed by atoms with E-state index in [4.69, 9.17) is 0 Å². The van der Waals surface area contributed by atoms with Gasteiger partial charge in [0.25, 0.3) is 0 Å². The molecule has 0 saturated carbocycles. The summed E-state index contributed by atoms with van der Waals surface area (Å²) in [7, 11) is 2.16. The Kier molecular flexibility index (Phi) is 3.02. The van der Waals surface area contributed by atoms with E-state index in [-0.39, 0.29) is 0 Å². The van der Waals surface area contributed by atoms with Crippen LogP contribution in [-0.4, -0.2) is 48.1 Å². The maximum Gasteiger partial charge on any atom is 0.150 e. The van der Waals surface area contributed by atoms with Crippen molar-refractivity contribution in [1.82, 2.24) is 14.9 Å². The molecule has 0 bridgehead atoms. The lowest BCUT2D eigenvalue weighted by Crippen LogP contribution is -2.44. The molecule has 0 radical (unpaired) electrons. The third kappa shape index (κ3) is 2.17. The number of hydrogen-bond acceptors (Lipinski definition) is 5. The molecule has 1 fully saturated rings. The van der Waals surface area contributed by atoms with Gasteiger partial charge in [-0.25, -0.2) is 9.97 Å². The number of likely N-dealkylation sites (N-methyl/N-ethyl adjacent to an activating group) is 1. The molecule has 1 saturated heterocycles. The molecule has 0 aliphatic carbocycles. The number of anilines is 1. The third-order valence-electron chi connectivity index (χ3n) is 3.07. The highest BCUT2D eigenvalue weighted by atomic mass is 79.9. The van der Waals surface area contributed by atoms with E-state index in [1.54, 1.807) is 17.7 Å². The topological polar surface area (TPSA) is 32.3 Å². The zero-order valence-electron chi connectivity index (χ0n) is 9.56. The summed E-state index contributed by atoms with van der Waals surface area (Å²) in [6.45, 7) is 4.27. The lowest BCUT2D eigenvalue weighted by molar-refractivity contribution is 0.312. The van der Waals surface area contributed by atoms with E-state index in [1.165, 1.54) is 4.70 Å². The van der Waals surface area contributed by atoms with Crippen LogP contribution in [0.1, 0.15) is 0 Å². The number of fused-ring (bicyclic) bond motifs is 1. The number of hydrogen-bond donors (Lipinski definition) is 0. The van der Waals surface area contributed by atoms with Gasteiger partial charge in [0.2, 0.25) is 0 Å². The van der Waals surface area contributed by atoms with Crippen molar-refractivity contribution in [3.63, 3.8) is 0 Å². The summed E-state index contributed by atoms with van der Waals surface area (Å²) < 4.78 is 2.30. The Bertz CT molecular complexity index is 533. The monoisotopic (exact) mass is 312 g/mol. The molecular formula is C11H13BrN4S. The molecule has 3 heterocycles. The fraction of sp³-hybridized carbons (Fsp3) is 0.455. The summed E-state index contributed by atoms with van der Waals surface area (Å²) in [6.07, 6.45) is 1.66. The van der Waals surface area contributed by atoms with Gasteiger partial charge >= 0.3 is 0 Å². The molecule has 0 unspecified atom stereocenters. The number of rotatable bonds is 1. The molecule has 3 rings (SSSR count). The fourth-order valence-electron chi connectivity index (χ4n) is 2.06. The quantitative estimate of drug-likeness (QED) is 0.808. The molecule has 2 aromatic rings. The van der Waals surface area contributed by atoms with E-state index < -0.39 is 0 Å². The largest absolute Gasteiger partial charge is 0.353 e. The standard InChI is InChI=1S/C11H13BrN4S/c1-15-2-4-16(5-3-15)11-10-8(13-7-14-11)6-9(12)17-10/h6-7H,2-5H2,1H3. The van der Waals surface area contributed by atoms with Gasteiger partial charge in [0.05, 0.1) is 14.0 Å². The molecule has 4 nitrogen and oxygen atoms in total. The minimum Gasteiger partial charge on any atom is -0.353 e. The summed E-state index contributed by atoms with van der Waals surface area (Å²) in [5, 5.41) is 0. The Morgan fingerprint density at radius 3 is 2.76 bits per heavy atom. The first-order valence-electron chi connectivity index (χ1n) is 5.57. The normalized spacial score (nSPS) is 17.9. The summed E-state index contributed by atoms with van der Waals surface area (Å²) in [5.41, 5.74) is 1.03. The van der Waals surface area contributed by atoms with Gasteiger partial charge in [0.15, 0.2) is 0 Å². The zero-order chi connectivity index (χ0) is 11.8. The highest BCUT2D eigenvalue weighted by molar-refractivity contribution is 9.11. The van der Waals surface area contributed by atoms with Crippen molar-refractivity contribution in [2.24, 2.45) is 0 Å². The van der Waals surface area contributed by atoms with E-state index in [1.807, 2.05) is 0 Å². The van der Waals surface area contributed by atoms with Crippen LogP contribution < -0.4 is 4.90 Å². The van der Waals surface area contributed by atoms with Gasteiger partial charge < -0.3 is 9.80 Å². The van der Waals surface area contributed by atoms with Crippen LogP contribution in [0, 0.1) is 0 Å². The zero-order valence-corrected chi connectivity index (χ0v) is 12.0. The lowest BCUT2D eigenvalue weighted by Gasteiger charge is -2.33. The molecule has 17 heavy (non-hydrogen) atoms. The first kappa shape index (κ1) is 11.4. The van der Waals surface area contributed by atoms with Crippen LogP contribution in [0.2, 0.25) is 0 Å². The molecule has 0 atom stereocenters. The second-order valence-electron chi connectivity index (χ2n) is 4.25. The SMILES string of the molecule is CN1CCN(c2ncnc3cc(Br)sc23)CC1. The minimum absolute atomic E-state index is 1.03. The van der Waals surface area contributed by atoms with Crippen molar-refractivity contribution in [1.29, 1.82) is 0 Å². The fourth-order valence-corrected chi connectivity index (χ4v) is 3.61. The maximum atomic E-state index is 4.45. The van der Waals surface area contributed by atoms with Crippen molar-refractivity contribution < 1.29 is 0 Å². The summed E-state index contributed by atoms with van der Waals surface area (Å²) in [6, 6.07) is 2.06. The van der Waals surface area contributed by atoms with Gasteiger partial charge in [-0.3, -0.25) is 0 Å². The van der Waals surface area contributed by atoms with E-state index in [0.717, 1.165) is 41.3 Å². The van der Waals surface area contributed by atoms with E-state index in [2.05, 4.69) is 48.8 Å². The summed E-state index contributed by atoms with van der Waals surface area (Å²) >= 11 is 5.23. The molecule has 1 aliphatic rings. The highest BCUT2D eigenvalue weighted by Gasteiger charge is 2.18. The average molecular weight is 313 g/mol. The van der Waals surface area contributed by atoms with Crippen LogP contribution in [-0.2, 0) is 0 Å². The van der Waals surface area contributed by atoms with E-state index >= 15 is 0 Å². The number of halogens is 1. The summed E-state index contributed by atoms with van der Waals surface area (Å²) in [5.74, 6) is 1.08. The first-order chi connectivity index (χ1) is 8.24. The van der Waals surface area contributed by atoms with Crippen molar-refractivity contribution >= 4 is 43.3 Å². The van der Waals surface area contributed by atoms with Crippen LogP contribution >= 0.6 is 27.3 Å². The van der Waals surface area contributed by atoms with E-state index in [9.17, 15) is 0 Å². The van der Waals surface area contributed by atoms with Gasteiger partial charge in [-0.2, -0.15) is 0 Å². The Labute approximate surface area is 112 Å². The number of piperazine rings is 1. The molecule has 1 aliphatic heterocycles. The Balaban J connectivity index is 1.99. The van der Waals surface area contributed by atoms with Crippen molar-refractivity contribution in [3.05, 3.63) is 16.2 Å². The Morgan fingerprint density at radius 2 is 2.00 bits per heavy atom. The van der Waals surface area contributed by atoms with Crippen molar-refractivity contribution in [2.75, 3.05) is 38.1 Å². The van der Waals surface area contributed by atoms with Crippen LogP contribution in [0.3, 0.4) is 0 Å². The summed E-state index contributed by atoms with van der Waals surface area (Å²) in [4.78, 5) is 13.5. The molecule has 0 spiro atoms. The van der Waals surface area contributed by atoms with Gasteiger partial charge in [-0.05, 0) is 29.0 Å². The minimum atomic E-state index is 1.03. The third-order valence-corrected chi connectivity index (χ3v) is 4.69. The second kappa shape index (κ2) is 4.51. The smallest absolute Gasteiger partial charge is 0.150 e. The molecule has 0 aromatic carbocycles. The van der Waals surface area contributed by atoms with Gasteiger partial charge in [0.1, 0.15) is 12.1 Å². The molecule has 90 valence electrons. The second-order valence-corrected chi connectivity index (χ2v) is 6.68. The average Bonchev–Trinajstić information content (AvgIpc) is 2.70. The van der Waals surface area contributed by atoms with Crippen LogP contribution in [0.15, 0.2) is 16.2 Å². The molecule has 6 heteroatoms. The predicted octanol–water partition coefficient (Wildman–Crippen LogP) is 2.21. The Hall–Kier alpha value is -0.720. The van der Waals surface area contributed by atoms with Crippen LogP contribution in [0.4, 0.5) is 5.82 Å². The first-order valence-corrected chi connectivity index (χ1v) is 7.18. The Morgan fingerprint density at radius 1 is 1.24 bits per heavy atom. The number of nitrogens with zero attached hydrogens (tertiary/aromatic N) is 4. The van der Waals surface area contributed by atoms with Crippen molar-refractivity contribution in [2.45, 2.75) is 0 Å². The van der Waals surface area contributed by atoms with Crippen LogP contribution in [0.5, 0.6) is 0 Å². The molecular weight excluding hydrogens is 300 g/mol. The molecule has 0 N–H and O–H groups in total. The highest BCUT2D eigenvalue weighted by Crippen LogP contribution is 2.34. The number of thiophene rings is 1. The molecule has 0 amide bonds. The van der Waals surface area contributed by atoms with E-state index in [0.29, 0.717) is 0 Å². The maximum absolute atomic E-state index is 4.45. The molecule has 2 aromatic heterocycles. The van der Waals surface area contributed by atoms with Gasteiger partial charge in [-0.15, -0.1) is 11.3 Å². The lowest BCUT2D eigenvalue weighted by atomic mass is 10.3. The van der Waals surface area contributed by atoms with Gasteiger partial charge in [-0.1, -0.05) is 0 Å². The number of aromatic nitrogens is 2. The van der Waals surface area contributed by atoms with Gasteiger partial charge in [0, 0.05) is 26.2 Å². The van der Waals surface area contributed by atoms with Crippen LogP contribution in [0.25, 0.3) is 10.2 Å².